The lowest BCUT2D eigenvalue weighted by Gasteiger charge is -2.05. The molecule has 72 valence electrons. The maximum atomic E-state index is 11.3. The fraction of sp³-hybridized carbons (Fsp3) is 0.222. The van der Waals surface area contributed by atoms with E-state index in [9.17, 15) is 4.79 Å². The number of hydrogen-bond acceptors (Lipinski definition) is 4. The summed E-state index contributed by atoms with van der Waals surface area (Å²) in [6.45, 7) is 2.11. The lowest BCUT2D eigenvalue weighted by molar-refractivity contribution is 0.153. The molecule has 0 saturated carbocycles. The van der Waals surface area contributed by atoms with Gasteiger partial charge in [0.2, 0.25) is 0 Å². The first-order valence-electron chi connectivity index (χ1n) is 4.27. The number of ether oxygens (including phenoxy) is 1. The predicted octanol–water partition coefficient (Wildman–Crippen LogP) is 1.39. The number of rotatable bonds is 1. The van der Waals surface area contributed by atoms with E-state index in [1.54, 1.807) is 25.4 Å². The molecule has 0 aromatic rings. The smallest absolute Gasteiger partial charge is 0.419 e. The van der Waals surface area contributed by atoms with Crippen molar-refractivity contribution < 1.29 is 9.53 Å². The van der Waals surface area contributed by atoms with E-state index in [1.807, 2.05) is 0 Å². The number of hydrogen-bond donors (Lipinski definition) is 0. The third kappa shape index (κ3) is 1.44. The molecule has 0 radical (unpaired) electrons. The average Bonchev–Trinajstić information content (AvgIpc) is 2.64. The van der Waals surface area contributed by atoms with Crippen molar-refractivity contribution in [2.24, 2.45) is 0 Å². The molecule has 14 heavy (non-hydrogen) atoms. The summed E-state index contributed by atoms with van der Waals surface area (Å²) in [7, 11) is 0. The quantitative estimate of drug-likeness (QED) is 0.683. The monoisotopic (exact) mass is 191 g/mol. The highest BCUT2D eigenvalue weighted by Gasteiger charge is 2.09. The largest absolute Gasteiger partial charge is 0.449 e. The van der Waals surface area contributed by atoms with Gasteiger partial charge in [-0.2, -0.15) is 0 Å². The Morgan fingerprint density at radius 3 is 3.21 bits per heavy atom. The predicted molar refractivity (Wildman–Crippen MR) is 49.1 cm³/mol. The molecule has 0 fully saturated rings. The Kier molecular flexibility index (Phi) is 2.14. The van der Waals surface area contributed by atoms with Crippen LogP contribution in [0.1, 0.15) is 6.92 Å². The standard InChI is InChI=1S/C9H9N3O2/c1-2-14-9(13)12-5-7-3-4-10-8(7)11-6-12/h3-6H,2H2,1H3. The SMILES string of the molecule is CCOC(=O)n1cnc2nccc-2c1. The summed E-state index contributed by atoms with van der Waals surface area (Å²) in [6.07, 6.45) is 4.26. The summed E-state index contributed by atoms with van der Waals surface area (Å²) in [5, 5.41) is 0. The van der Waals surface area contributed by atoms with Crippen LogP contribution < -0.4 is 0 Å². The maximum absolute atomic E-state index is 11.3. The zero-order chi connectivity index (χ0) is 9.97. The third-order valence-corrected chi connectivity index (χ3v) is 1.77. The van der Waals surface area contributed by atoms with Gasteiger partial charge in [-0.05, 0) is 13.0 Å². The second kappa shape index (κ2) is 3.45. The first kappa shape index (κ1) is 8.68. The molecule has 0 spiro atoms. The van der Waals surface area contributed by atoms with E-state index in [0.29, 0.717) is 12.4 Å². The molecule has 0 aromatic carbocycles. The third-order valence-electron chi connectivity index (χ3n) is 1.77. The molecule has 2 heterocycles. The zero-order valence-corrected chi connectivity index (χ0v) is 7.67. The average molecular weight is 191 g/mol. The van der Waals surface area contributed by atoms with Crippen LogP contribution in [0, 0.1) is 0 Å². The molecule has 0 bridgehead atoms. The van der Waals surface area contributed by atoms with E-state index in [1.165, 1.54) is 10.9 Å². The van der Waals surface area contributed by atoms with Crippen LogP contribution >= 0.6 is 0 Å². The molecule has 0 atom stereocenters. The summed E-state index contributed by atoms with van der Waals surface area (Å²) in [5.74, 6) is 0.630. The van der Waals surface area contributed by atoms with E-state index < -0.39 is 6.09 Å². The van der Waals surface area contributed by atoms with Crippen LogP contribution in [-0.4, -0.2) is 27.2 Å². The highest BCUT2D eigenvalue weighted by atomic mass is 16.5. The Morgan fingerprint density at radius 1 is 1.57 bits per heavy atom. The van der Waals surface area contributed by atoms with Crippen LogP contribution in [0.15, 0.2) is 24.8 Å². The summed E-state index contributed by atoms with van der Waals surface area (Å²) in [5.41, 5.74) is 0.820. The van der Waals surface area contributed by atoms with Crippen LogP contribution in [0.3, 0.4) is 0 Å². The second-order valence-electron chi connectivity index (χ2n) is 2.70. The van der Waals surface area contributed by atoms with Gasteiger partial charge in [0.1, 0.15) is 6.33 Å². The molecule has 0 unspecified atom stereocenters. The van der Waals surface area contributed by atoms with Crippen LogP contribution in [0.25, 0.3) is 11.4 Å². The van der Waals surface area contributed by atoms with Crippen LogP contribution in [0.4, 0.5) is 4.79 Å². The van der Waals surface area contributed by atoms with E-state index in [2.05, 4.69) is 9.97 Å². The Labute approximate surface area is 80.7 Å². The number of carbonyl (C=O) groups is 1. The van der Waals surface area contributed by atoms with Gasteiger partial charge in [0.25, 0.3) is 0 Å². The van der Waals surface area contributed by atoms with Crippen molar-refractivity contribution in [2.75, 3.05) is 6.61 Å². The van der Waals surface area contributed by atoms with Gasteiger partial charge in [-0.1, -0.05) is 0 Å². The summed E-state index contributed by atoms with van der Waals surface area (Å²) >= 11 is 0. The van der Waals surface area contributed by atoms with Gasteiger partial charge in [-0.15, -0.1) is 0 Å². The van der Waals surface area contributed by atoms with E-state index in [0.717, 1.165) is 5.56 Å². The highest BCUT2D eigenvalue weighted by molar-refractivity contribution is 5.72. The molecule has 5 heteroatoms. The van der Waals surface area contributed by atoms with Crippen molar-refractivity contribution >= 4 is 6.09 Å². The van der Waals surface area contributed by atoms with E-state index in [-0.39, 0.29) is 0 Å². The summed E-state index contributed by atoms with van der Waals surface area (Å²) < 4.78 is 6.12. The van der Waals surface area contributed by atoms with Crippen molar-refractivity contribution in [2.45, 2.75) is 6.92 Å². The fourth-order valence-electron chi connectivity index (χ4n) is 1.14. The Morgan fingerprint density at radius 2 is 2.43 bits per heavy atom. The maximum Gasteiger partial charge on any atom is 0.419 e. The van der Waals surface area contributed by atoms with Gasteiger partial charge >= 0.3 is 6.09 Å². The van der Waals surface area contributed by atoms with E-state index in [4.69, 9.17) is 4.74 Å². The molecule has 5 nitrogen and oxygen atoms in total. The van der Waals surface area contributed by atoms with Crippen molar-refractivity contribution in [3.63, 3.8) is 0 Å². The first-order valence-corrected chi connectivity index (χ1v) is 4.27. The van der Waals surface area contributed by atoms with Crippen LogP contribution in [0.2, 0.25) is 0 Å². The molecule has 0 N–H and O–H groups in total. The minimum Gasteiger partial charge on any atom is -0.449 e. The Hall–Kier alpha value is -1.91. The molecule has 2 aliphatic heterocycles. The van der Waals surface area contributed by atoms with Gasteiger partial charge in [-0.25, -0.2) is 19.3 Å². The van der Waals surface area contributed by atoms with Crippen molar-refractivity contribution in [1.82, 2.24) is 14.5 Å². The second-order valence-corrected chi connectivity index (χ2v) is 2.70. The number of fused-ring (bicyclic) bond motifs is 1. The Bertz CT molecular complexity index is 424. The molecule has 0 aliphatic carbocycles. The van der Waals surface area contributed by atoms with Gasteiger partial charge < -0.3 is 4.74 Å². The molecule has 0 amide bonds. The van der Waals surface area contributed by atoms with Gasteiger partial charge in [0.15, 0.2) is 5.82 Å². The highest BCUT2D eigenvalue weighted by Crippen LogP contribution is 2.15. The minimum atomic E-state index is -0.428. The zero-order valence-electron chi connectivity index (χ0n) is 7.67. The normalized spacial score (nSPS) is 10.4. The molecule has 2 rings (SSSR count). The van der Waals surface area contributed by atoms with Gasteiger partial charge in [-0.3, -0.25) is 0 Å². The van der Waals surface area contributed by atoms with Crippen molar-refractivity contribution in [1.29, 1.82) is 0 Å². The molecule has 0 saturated heterocycles. The topological polar surface area (TPSA) is 57.0 Å². The lowest BCUT2D eigenvalue weighted by Crippen LogP contribution is -2.14. The van der Waals surface area contributed by atoms with Crippen LogP contribution in [0.5, 0.6) is 0 Å². The van der Waals surface area contributed by atoms with Crippen LogP contribution in [-0.2, 0) is 4.74 Å². The first-order chi connectivity index (χ1) is 6.81. The minimum absolute atomic E-state index is 0.350. The molecular weight excluding hydrogens is 182 g/mol. The number of nitrogens with zero attached hydrogens (tertiary/aromatic N) is 3. The molecule has 2 aliphatic rings. The number of aromatic nitrogens is 3. The lowest BCUT2D eigenvalue weighted by atomic mass is 10.3. The van der Waals surface area contributed by atoms with Crippen molar-refractivity contribution in [3.8, 4) is 11.4 Å². The molecular formula is C9H9N3O2. The molecule has 0 aromatic heterocycles. The fourth-order valence-corrected chi connectivity index (χ4v) is 1.14. The Balaban J connectivity index is 2.35. The van der Waals surface area contributed by atoms with Crippen molar-refractivity contribution in [3.05, 3.63) is 24.8 Å². The van der Waals surface area contributed by atoms with Gasteiger partial charge in [0.05, 0.1) is 6.61 Å². The summed E-state index contributed by atoms with van der Waals surface area (Å²) in [6, 6.07) is 1.79. The number of carbonyl (C=O) groups excluding carboxylic acids is 1. The van der Waals surface area contributed by atoms with Gasteiger partial charge in [0, 0.05) is 18.0 Å². The van der Waals surface area contributed by atoms with E-state index >= 15 is 0 Å². The summed E-state index contributed by atoms with van der Waals surface area (Å²) in [4.78, 5) is 19.3.